The summed E-state index contributed by atoms with van der Waals surface area (Å²) in [4.78, 5) is 7.21. The van der Waals surface area contributed by atoms with E-state index in [2.05, 4.69) is 15.3 Å². The first-order valence-electron chi connectivity index (χ1n) is 5.31. The molecule has 0 aliphatic rings. The van der Waals surface area contributed by atoms with E-state index in [1.54, 1.807) is 18.5 Å². The van der Waals surface area contributed by atoms with Crippen LogP contribution in [-0.2, 0) is 6.42 Å². The summed E-state index contributed by atoms with van der Waals surface area (Å²) in [6.07, 6.45) is 4.03. The topological polar surface area (TPSA) is 40.7 Å². The fourth-order valence-corrected chi connectivity index (χ4v) is 1.93. The van der Waals surface area contributed by atoms with Gasteiger partial charge in [0, 0.05) is 12.4 Å². The van der Waals surface area contributed by atoms with E-state index in [1.807, 2.05) is 13.1 Å². The van der Waals surface area contributed by atoms with E-state index >= 15 is 0 Å². The Morgan fingerprint density at radius 1 is 1.53 bits per heavy atom. The zero-order chi connectivity index (χ0) is 12.3. The maximum atomic E-state index is 13.3. The Morgan fingerprint density at radius 3 is 3.00 bits per heavy atom. The third-order valence-electron chi connectivity index (χ3n) is 2.65. The number of benzene rings is 1. The van der Waals surface area contributed by atoms with Crippen LogP contribution >= 0.6 is 11.6 Å². The van der Waals surface area contributed by atoms with E-state index in [9.17, 15) is 4.39 Å². The number of hydrogen-bond acceptors (Lipinski definition) is 2. The summed E-state index contributed by atoms with van der Waals surface area (Å²) in [5.41, 5.74) is 0.766. The lowest BCUT2D eigenvalue weighted by atomic mass is 10.1. The van der Waals surface area contributed by atoms with Crippen molar-refractivity contribution in [2.45, 2.75) is 12.5 Å². The first-order valence-corrected chi connectivity index (χ1v) is 5.69. The van der Waals surface area contributed by atoms with E-state index in [4.69, 9.17) is 11.6 Å². The molecule has 1 aromatic carbocycles. The molecule has 0 aliphatic heterocycles. The summed E-state index contributed by atoms with van der Waals surface area (Å²) >= 11 is 5.92. The number of hydrogen-bond donors (Lipinski definition) is 2. The van der Waals surface area contributed by atoms with Gasteiger partial charge in [-0.05, 0) is 25.1 Å². The van der Waals surface area contributed by atoms with E-state index in [1.165, 1.54) is 6.07 Å². The fourth-order valence-electron chi connectivity index (χ4n) is 1.73. The Kier molecular flexibility index (Phi) is 3.76. The van der Waals surface area contributed by atoms with Gasteiger partial charge in [-0.1, -0.05) is 23.7 Å². The van der Waals surface area contributed by atoms with Gasteiger partial charge in [-0.25, -0.2) is 9.37 Å². The second-order valence-electron chi connectivity index (χ2n) is 3.73. The van der Waals surface area contributed by atoms with Crippen LogP contribution in [0, 0.1) is 5.82 Å². The van der Waals surface area contributed by atoms with Crippen molar-refractivity contribution in [2.24, 2.45) is 0 Å². The van der Waals surface area contributed by atoms with Crippen molar-refractivity contribution in [3.05, 3.63) is 52.8 Å². The van der Waals surface area contributed by atoms with Crippen molar-refractivity contribution in [2.75, 3.05) is 7.05 Å². The van der Waals surface area contributed by atoms with E-state index < -0.39 is 5.82 Å². The Labute approximate surface area is 104 Å². The SMILES string of the molecule is CNC(Cc1cccc(F)c1Cl)c1ncc[nH]1. The van der Waals surface area contributed by atoms with Crippen LogP contribution in [0.15, 0.2) is 30.6 Å². The van der Waals surface area contributed by atoms with Crippen LogP contribution < -0.4 is 5.32 Å². The summed E-state index contributed by atoms with van der Waals surface area (Å²) in [5.74, 6) is 0.422. The maximum absolute atomic E-state index is 13.3. The molecule has 0 saturated heterocycles. The molecule has 1 aromatic heterocycles. The lowest BCUT2D eigenvalue weighted by Gasteiger charge is -2.14. The average molecular weight is 254 g/mol. The van der Waals surface area contributed by atoms with Gasteiger partial charge in [0.2, 0.25) is 0 Å². The van der Waals surface area contributed by atoms with Crippen LogP contribution in [0.4, 0.5) is 4.39 Å². The first-order chi connectivity index (χ1) is 8.22. The molecule has 1 heterocycles. The Balaban J connectivity index is 2.22. The average Bonchev–Trinajstić information content (AvgIpc) is 2.85. The minimum Gasteiger partial charge on any atom is -0.347 e. The van der Waals surface area contributed by atoms with Crippen molar-refractivity contribution in [1.82, 2.24) is 15.3 Å². The molecule has 2 N–H and O–H groups in total. The summed E-state index contributed by atoms with van der Waals surface area (Å²) in [7, 11) is 1.83. The number of nitrogens with one attached hydrogen (secondary N) is 2. The van der Waals surface area contributed by atoms with Crippen LogP contribution in [0.3, 0.4) is 0 Å². The van der Waals surface area contributed by atoms with E-state index in [-0.39, 0.29) is 11.1 Å². The van der Waals surface area contributed by atoms with Gasteiger partial charge in [0.25, 0.3) is 0 Å². The molecule has 1 atom stereocenters. The van der Waals surface area contributed by atoms with Crippen molar-refractivity contribution in [1.29, 1.82) is 0 Å². The molecule has 5 heteroatoms. The van der Waals surface area contributed by atoms with Crippen LogP contribution in [0.2, 0.25) is 5.02 Å². The highest BCUT2D eigenvalue weighted by Crippen LogP contribution is 2.24. The van der Waals surface area contributed by atoms with Crippen molar-refractivity contribution < 1.29 is 4.39 Å². The molecule has 3 nitrogen and oxygen atoms in total. The largest absolute Gasteiger partial charge is 0.347 e. The molecule has 0 spiro atoms. The Bertz CT molecular complexity index is 485. The van der Waals surface area contributed by atoms with Crippen molar-refractivity contribution in [3.8, 4) is 0 Å². The van der Waals surface area contributed by atoms with Gasteiger partial charge in [-0.2, -0.15) is 0 Å². The first kappa shape index (κ1) is 12.1. The second kappa shape index (κ2) is 5.29. The normalized spacial score (nSPS) is 12.6. The molecule has 0 radical (unpaired) electrons. The molecule has 0 fully saturated rings. The predicted molar refractivity (Wildman–Crippen MR) is 65.5 cm³/mol. The van der Waals surface area contributed by atoms with E-state index in [0.29, 0.717) is 6.42 Å². The van der Waals surface area contributed by atoms with Gasteiger partial charge in [0.1, 0.15) is 11.6 Å². The highest BCUT2D eigenvalue weighted by molar-refractivity contribution is 6.31. The predicted octanol–water partition coefficient (Wildman–Crippen LogP) is 2.71. The highest BCUT2D eigenvalue weighted by Gasteiger charge is 2.15. The van der Waals surface area contributed by atoms with E-state index in [0.717, 1.165) is 11.4 Å². The molecule has 0 amide bonds. The molecule has 2 rings (SSSR count). The lowest BCUT2D eigenvalue weighted by molar-refractivity contribution is 0.559. The van der Waals surface area contributed by atoms with Gasteiger partial charge < -0.3 is 10.3 Å². The number of aromatic nitrogens is 2. The third kappa shape index (κ3) is 2.65. The maximum Gasteiger partial charge on any atom is 0.142 e. The Hall–Kier alpha value is -1.39. The van der Waals surface area contributed by atoms with Crippen LogP contribution in [-0.4, -0.2) is 17.0 Å². The van der Waals surface area contributed by atoms with Gasteiger partial charge >= 0.3 is 0 Å². The number of aromatic amines is 1. The minimum absolute atomic E-state index is 0.00991. The third-order valence-corrected chi connectivity index (χ3v) is 3.08. The zero-order valence-corrected chi connectivity index (χ0v) is 10.1. The summed E-state index contributed by atoms with van der Waals surface area (Å²) < 4.78 is 13.3. The molecule has 90 valence electrons. The highest BCUT2D eigenvalue weighted by atomic mass is 35.5. The Morgan fingerprint density at radius 2 is 2.35 bits per heavy atom. The number of imidazole rings is 1. The number of H-pyrrole nitrogens is 1. The summed E-state index contributed by atoms with van der Waals surface area (Å²) in [5, 5.41) is 3.30. The number of likely N-dealkylation sites (N-methyl/N-ethyl adjacent to an activating group) is 1. The molecule has 0 bridgehead atoms. The molecule has 2 aromatic rings. The lowest BCUT2D eigenvalue weighted by Crippen LogP contribution is -2.20. The quantitative estimate of drug-likeness (QED) is 0.880. The smallest absolute Gasteiger partial charge is 0.142 e. The summed E-state index contributed by atoms with van der Waals surface area (Å²) in [6.45, 7) is 0. The molecular formula is C12H13ClFN3. The van der Waals surface area contributed by atoms with Crippen LogP contribution in [0.1, 0.15) is 17.4 Å². The molecule has 0 aliphatic carbocycles. The number of rotatable bonds is 4. The van der Waals surface area contributed by atoms with Crippen LogP contribution in [0.25, 0.3) is 0 Å². The number of halogens is 2. The summed E-state index contributed by atoms with van der Waals surface area (Å²) in [6, 6.07) is 4.82. The van der Waals surface area contributed by atoms with Gasteiger partial charge in [0.15, 0.2) is 0 Å². The van der Waals surface area contributed by atoms with Gasteiger partial charge in [-0.15, -0.1) is 0 Å². The molecular weight excluding hydrogens is 241 g/mol. The van der Waals surface area contributed by atoms with Crippen LogP contribution in [0.5, 0.6) is 0 Å². The second-order valence-corrected chi connectivity index (χ2v) is 4.11. The van der Waals surface area contributed by atoms with Crippen molar-refractivity contribution in [3.63, 3.8) is 0 Å². The monoisotopic (exact) mass is 253 g/mol. The zero-order valence-electron chi connectivity index (χ0n) is 9.37. The van der Waals surface area contributed by atoms with Gasteiger partial charge in [-0.3, -0.25) is 0 Å². The molecule has 17 heavy (non-hydrogen) atoms. The standard InChI is InChI=1S/C12H13ClFN3/c1-15-10(12-16-5-6-17-12)7-8-3-2-4-9(14)11(8)13/h2-6,10,15H,7H2,1H3,(H,16,17). The fraction of sp³-hybridized carbons (Fsp3) is 0.250. The molecule has 1 unspecified atom stereocenters. The van der Waals surface area contributed by atoms with Gasteiger partial charge in [0.05, 0.1) is 11.1 Å². The minimum atomic E-state index is -0.390. The number of nitrogens with zero attached hydrogens (tertiary/aromatic N) is 1. The van der Waals surface area contributed by atoms with Crippen molar-refractivity contribution >= 4 is 11.6 Å². The molecule has 0 saturated carbocycles.